The maximum absolute atomic E-state index is 12.1. The second-order valence-electron chi connectivity index (χ2n) is 4.98. The van der Waals surface area contributed by atoms with Crippen LogP contribution in [0, 0.1) is 10.1 Å². The van der Waals surface area contributed by atoms with Crippen LogP contribution in [-0.4, -0.2) is 22.3 Å². The lowest BCUT2D eigenvalue weighted by molar-refractivity contribution is -0.383. The zero-order valence-electron chi connectivity index (χ0n) is 11.2. The zero-order valence-corrected chi connectivity index (χ0v) is 11.2. The molecule has 8 nitrogen and oxygen atoms in total. The van der Waals surface area contributed by atoms with E-state index in [9.17, 15) is 19.7 Å². The molecule has 0 aliphatic carbocycles. The molecule has 0 saturated carbocycles. The van der Waals surface area contributed by atoms with Crippen LogP contribution < -0.4 is 16.8 Å². The van der Waals surface area contributed by atoms with E-state index in [0.29, 0.717) is 0 Å². The number of benzene rings is 1. The molecule has 0 heterocycles. The molecule has 108 valence electrons. The van der Waals surface area contributed by atoms with Crippen molar-refractivity contribution >= 4 is 23.2 Å². The standard InChI is InChI=1S/C12H16N4O4/c1-12(2,6-9(13)17)15-11(18)7-4-3-5-8(10(7)14)16(19)20/h3-5H,6,14H2,1-2H3,(H2,13,17)(H,15,18). The summed E-state index contributed by atoms with van der Waals surface area (Å²) >= 11 is 0. The number of hydrogen-bond donors (Lipinski definition) is 3. The van der Waals surface area contributed by atoms with Gasteiger partial charge in [-0.1, -0.05) is 6.07 Å². The summed E-state index contributed by atoms with van der Waals surface area (Å²) in [5, 5.41) is 13.3. The highest BCUT2D eigenvalue weighted by molar-refractivity contribution is 6.01. The molecular weight excluding hydrogens is 264 g/mol. The highest BCUT2D eigenvalue weighted by Gasteiger charge is 2.26. The maximum Gasteiger partial charge on any atom is 0.292 e. The number of primary amides is 1. The van der Waals surface area contributed by atoms with Crippen LogP contribution in [0.3, 0.4) is 0 Å². The second kappa shape index (κ2) is 5.55. The van der Waals surface area contributed by atoms with Crippen LogP contribution in [0.25, 0.3) is 0 Å². The van der Waals surface area contributed by atoms with Crippen LogP contribution in [0.4, 0.5) is 11.4 Å². The Morgan fingerprint density at radius 3 is 2.50 bits per heavy atom. The normalized spacial score (nSPS) is 10.9. The lowest BCUT2D eigenvalue weighted by Gasteiger charge is -2.25. The van der Waals surface area contributed by atoms with Gasteiger partial charge in [-0.25, -0.2) is 0 Å². The van der Waals surface area contributed by atoms with Crippen LogP contribution in [0.2, 0.25) is 0 Å². The number of carbonyl (C=O) groups is 2. The third kappa shape index (κ3) is 3.67. The Bertz CT molecular complexity index is 569. The number of anilines is 1. The van der Waals surface area contributed by atoms with Crippen LogP contribution in [0.15, 0.2) is 18.2 Å². The van der Waals surface area contributed by atoms with Gasteiger partial charge >= 0.3 is 0 Å². The quantitative estimate of drug-likeness (QED) is 0.410. The summed E-state index contributed by atoms with van der Waals surface area (Å²) in [5.74, 6) is -1.17. The number of nitrogens with zero attached hydrogens (tertiary/aromatic N) is 1. The molecule has 1 rings (SSSR count). The Kier molecular flexibility index (Phi) is 4.28. The van der Waals surface area contributed by atoms with E-state index >= 15 is 0 Å². The first kappa shape index (κ1) is 15.4. The van der Waals surface area contributed by atoms with Crippen molar-refractivity contribution in [1.29, 1.82) is 0 Å². The zero-order chi connectivity index (χ0) is 15.5. The number of amides is 2. The van der Waals surface area contributed by atoms with E-state index in [0.717, 1.165) is 0 Å². The molecule has 0 atom stereocenters. The predicted octanol–water partition coefficient (Wildman–Crippen LogP) is 0.561. The van der Waals surface area contributed by atoms with Gasteiger partial charge in [0.1, 0.15) is 5.69 Å². The van der Waals surface area contributed by atoms with Crippen LogP contribution in [0.5, 0.6) is 0 Å². The SMILES string of the molecule is CC(C)(CC(N)=O)NC(=O)c1cccc([N+](=O)[O-])c1N. The number of nitrogen functional groups attached to an aromatic ring is 1. The molecule has 0 spiro atoms. The van der Waals surface area contributed by atoms with E-state index < -0.39 is 22.3 Å². The number of carbonyl (C=O) groups excluding carboxylic acids is 2. The van der Waals surface area contributed by atoms with Gasteiger partial charge in [-0.2, -0.15) is 0 Å². The molecular formula is C12H16N4O4. The van der Waals surface area contributed by atoms with Crippen molar-refractivity contribution in [3.05, 3.63) is 33.9 Å². The lowest BCUT2D eigenvalue weighted by atomic mass is 9.99. The van der Waals surface area contributed by atoms with E-state index in [4.69, 9.17) is 11.5 Å². The summed E-state index contributed by atoms with van der Waals surface area (Å²) in [7, 11) is 0. The summed E-state index contributed by atoms with van der Waals surface area (Å²) in [6.07, 6.45) is -0.0619. The van der Waals surface area contributed by atoms with Crippen LogP contribution in [0.1, 0.15) is 30.6 Å². The number of nitrogens with two attached hydrogens (primary N) is 2. The minimum absolute atomic E-state index is 0.0169. The molecule has 20 heavy (non-hydrogen) atoms. The third-order valence-corrected chi connectivity index (χ3v) is 2.59. The summed E-state index contributed by atoms with van der Waals surface area (Å²) < 4.78 is 0. The number of hydrogen-bond acceptors (Lipinski definition) is 5. The number of nitrogens with one attached hydrogen (secondary N) is 1. The van der Waals surface area contributed by atoms with Gasteiger partial charge < -0.3 is 16.8 Å². The summed E-state index contributed by atoms with van der Waals surface area (Å²) in [6.45, 7) is 3.23. The minimum Gasteiger partial charge on any atom is -0.393 e. The van der Waals surface area contributed by atoms with Gasteiger partial charge in [0.05, 0.1) is 10.5 Å². The molecule has 0 saturated heterocycles. The van der Waals surface area contributed by atoms with Crippen LogP contribution >= 0.6 is 0 Å². The molecule has 0 aliphatic rings. The smallest absolute Gasteiger partial charge is 0.292 e. The first-order valence-corrected chi connectivity index (χ1v) is 5.78. The highest BCUT2D eigenvalue weighted by atomic mass is 16.6. The molecule has 2 amide bonds. The third-order valence-electron chi connectivity index (χ3n) is 2.59. The monoisotopic (exact) mass is 280 g/mol. The fraction of sp³-hybridized carbons (Fsp3) is 0.333. The fourth-order valence-electron chi connectivity index (χ4n) is 1.76. The van der Waals surface area contributed by atoms with Gasteiger partial charge in [0.25, 0.3) is 11.6 Å². The van der Waals surface area contributed by atoms with E-state index in [1.807, 2.05) is 0 Å². The Labute approximate surface area is 115 Å². The molecule has 0 radical (unpaired) electrons. The van der Waals surface area contributed by atoms with Crippen molar-refractivity contribution in [2.75, 3.05) is 5.73 Å². The van der Waals surface area contributed by atoms with Crippen molar-refractivity contribution in [1.82, 2.24) is 5.32 Å². The van der Waals surface area contributed by atoms with Gasteiger partial charge in [0.15, 0.2) is 0 Å². The molecule has 1 aromatic rings. The van der Waals surface area contributed by atoms with Gasteiger partial charge in [-0.15, -0.1) is 0 Å². The average Bonchev–Trinajstić information content (AvgIpc) is 2.25. The average molecular weight is 280 g/mol. The van der Waals surface area contributed by atoms with E-state index in [2.05, 4.69) is 5.32 Å². The summed E-state index contributed by atoms with van der Waals surface area (Å²) in [4.78, 5) is 33.1. The predicted molar refractivity (Wildman–Crippen MR) is 72.9 cm³/mol. The van der Waals surface area contributed by atoms with Crippen molar-refractivity contribution in [2.24, 2.45) is 5.73 Å². The molecule has 1 aromatic carbocycles. The first-order chi connectivity index (χ1) is 9.14. The van der Waals surface area contributed by atoms with Crippen molar-refractivity contribution in [2.45, 2.75) is 25.8 Å². The minimum atomic E-state index is -0.875. The molecule has 0 aliphatic heterocycles. The number of rotatable bonds is 5. The Hall–Kier alpha value is -2.64. The topological polar surface area (TPSA) is 141 Å². The van der Waals surface area contributed by atoms with Crippen LogP contribution in [-0.2, 0) is 4.79 Å². The van der Waals surface area contributed by atoms with Crippen molar-refractivity contribution < 1.29 is 14.5 Å². The van der Waals surface area contributed by atoms with E-state index in [1.54, 1.807) is 13.8 Å². The molecule has 8 heteroatoms. The summed E-state index contributed by atoms with van der Waals surface area (Å²) in [6, 6.07) is 3.95. The maximum atomic E-state index is 12.1. The largest absolute Gasteiger partial charge is 0.393 e. The van der Waals surface area contributed by atoms with E-state index in [-0.39, 0.29) is 23.4 Å². The molecule has 0 fully saturated rings. The molecule has 5 N–H and O–H groups in total. The van der Waals surface area contributed by atoms with Gasteiger partial charge in [0.2, 0.25) is 5.91 Å². The van der Waals surface area contributed by atoms with Crippen molar-refractivity contribution in [3.63, 3.8) is 0 Å². The van der Waals surface area contributed by atoms with E-state index in [1.165, 1.54) is 18.2 Å². The Balaban J connectivity index is 3.02. The van der Waals surface area contributed by atoms with Gasteiger partial charge in [-0.3, -0.25) is 19.7 Å². The Morgan fingerprint density at radius 2 is 2.00 bits per heavy atom. The number of nitro benzene ring substituents is 1. The number of para-hydroxylation sites is 1. The summed E-state index contributed by atoms with van der Waals surface area (Å²) in [5.41, 5.74) is 9.24. The molecule has 0 bridgehead atoms. The first-order valence-electron chi connectivity index (χ1n) is 5.78. The second-order valence-corrected chi connectivity index (χ2v) is 4.98. The fourth-order valence-corrected chi connectivity index (χ4v) is 1.76. The lowest BCUT2D eigenvalue weighted by Crippen LogP contribution is -2.46. The van der Waals surface area contributed by atoms with Gasteiger partial charge in [-0.05, 0) is 19.9 Å². The van der Waals surface area contributed by atoms with Gasteiger partial charge in [0, 0.05) is 18.0 Å². The Morgan fingerprint density at radius 1 is 1.40 bits per heavy atom. The van der Waals surface area contributed by atoms with Crippen molar-refractivity contribution in [3.8, 4) is 0 Å². The molecule has 0 unspecified atom stereocenters. The number of nitro groups is 1. The molecule has 0 aromatic heterocycles. The highest BCUT2D eigenvalue weighted by Crippen LogP contribution is 2.25.